The number of anilines is 1. The summed E-state index contributed by atoms with van der Waals surface area (Å²) in [6.45, 7) is -0.145. The van der Waals surface area contributed by atoms with Crippen LogP contribution in [0.2, 0.25) is 0 Å². The van der Waals surface area contributed by atoms with Crippen LogP contribution >= 0.6 is 0 Å². The lowest BCUT2D eigenvalue weighted by Gasteiger charge is -2.26. The standard InChI is InChI=1S/C18H19N3O6/c1-26-11-18(16(23)24)8-7-14-19-9-13(15(22)21(14)18)20-17(25)27-10-12-5-3-2-4-6-12/h2-6,9H,7-8,10-11H2,1H3,(H,20,25)(H,23,24). The first-order chi connectivity index (χ1) is 13.0. The predicted molar refractivity (Wildman–Crippen MR) is 94.6 cm³/mol. The number of nitrogens with one attached hydrogen (secondary N) is 1. The van der Waals surface area contributed by atoms with Gasteiger partial charge in [0.25, 0.3) is 5.56 Å². The highest BCUT2D eigenvalue weighted by Gasteiger charge is 2.47. The van der Waals surface area contributed by atoms with E-state index in [0.29, 0.717) is 12.2 Å². The molecule has 0 bridgehead atoms. The first kappa shape index (κ1) is 18.6. The van der Waals surface area contributed by atoms with E-state index in [1.807, 2.05) is 18.2 Å². The van der Waals surface area contributed by atoms with Crippen LogP contribution < -0.4 is 10.9 Å². The van der Waals surface area contributed by atoms with Crippen LogP contribution in [0.5, 0.6) is 0 Å². The van der Waals surface area contributed by atoms with E-state index in [4.69, 9.17) is 9.47 Å². The van der Waals surface area contributed by atoms with Gasteiger partial charge in [-0.3, -0.25) is 14.7 Å². The number of amides is 1. The number of ether oxygens (including phenoxy) is 2. The lowest BCUT2D eigenvalue weighted by atomic mass is 9.98. The number of carboxylic acids is 1. The monoisotopic (exact) mass is 373 g/mol. The molecule has 1 unspecified atom stereocenters. The number of methoxy groups -OCH3 is 1. The highest BCUT2D eigenvalue weighted by atomic mass is 16.5. The number of fused-ring (bicyclic) bond motifs is 1. The molecule has 1 atom stereocenters. The van der Waals surface area contributed by atoms with Crippen molar-refractivity contribution in [2.24, 2.45) is 0 Å². The Bertz CT molecular complexity index is 907. The van der Waals surface area contributed by atoms with Gasteiger partial charge in [0.05, 0.1) is 12.8 Å². The number of aliphatic carboxylic acids is 1. The first-order valence-electron chi connectivity index (χ1n) is 8.29. The molecule has 27 heavy (non-hydrogen) atoms. The SMILES string of the molecule is COCC1(C(=O)O)CCc2ncc(NC(=O)OCc3ccccc3)c(=O)n21. The van der Waals surface area contributed by atoms with Crippen molar-refractivity contribution in [3.05, 3.63) is 58.3 Å². The summed E-state index contributed by atoms with van der Waals surface area (Å²) < 4.78 is 11.2. The highest BCUT2D eigenvalue weighted by molar-refractivity contribution is 5.84. The molecule has 2 aromatic rings. The molecule has 3 rings (SSSR count). The number of carbonyl (C=O) groups excluding carboxylic acids is 1. The zero-order valence-corrected chi connectivity index (χ0v) is 14.7. The Kier molecular flexibility index (Phi) is 5.22. The van der Waals surface area contributed by atoms with E-state index < -0.39 is 23.2 Å². The minimum Gasteiger partial charge on any atom is -0.479 e. The Balaban J connectivity index is 1.81. The van der Waals surface area contributed by atoms with Gasteiger partial charge in [-0.25, -0.2) is 14.6 Å². The third-order valence-corrected chi connectivity index (χ3v) is 4.46. The number of nitrogens with zero attached hydrogens (tertiary/aromatic N) is 2. The van der Waals surface area contributed by atoms with Crippen molar-refractivity contribution in [1.29, 1.82) is 0 Å². The minimum absolute atomic E-state index is 0.0368. The van der Waals surface area contributed by atoms with Crippen LogP contribution in [0.25, 0.3) is 0 Å². The Labute approximate surface area is 154 Å². The van der Waals surface area contributed by atoms with E-state index in [1.165, 1.54) is 13.3 Å². The Morgan fingerprint density at radius 1 is 1.33 bits per heavy atom. The molecule has 1 aromatic carbocycles. The summed E-state index contributed by atoms with van der Waals surface area (Å²) >= 11 is 0. The summed E-state index contributed by atoms with van der Waals surface area (Å²) in [5.41, 5.74) is -1.56. The van der Waals surface area contributed by atoms with Gasteiger partial charge in [0, 0.05) is 13.5 Å². The van der Waals surface area contributed by atoms with Gasteiger partial charge in [0.1, 0.15) is 18.1 Å². The van der Waals surface area contributed by atoms with Crippen LogP contribution in [0.4, 0.5) is 10.5 Å². The quantitative estimate of drug-likeness (QED) is 0.784. The lowest BCUT2D eigenvalue weighted by molar-refractivity contribution is -0.150. The van der Waals surface area contributed by atoms with E-state index in [9.17, 15) is 19.5 Å². The van der Waals surface area contributed by atoms with Gasteiger partial charge in [-0.15, -0.1) is 0 Å². The molecule has 2 N–H and O–H groups in total. The first-order valence-corrected chi connectivity index (χ1v) is 8.29. The van der Waals surface area contributed by atoms with Crippen LogP contribution in [-0.2, 0) is 32.8 Å². The minimum atomic E-state index is -1.54. The molecule has 0 saturated carbocycles. The zero-order valence-electron chi connectivity index (χ0n) is 14.7. The molecular weight excluding hydrogens is 354 g/mol. The number of hydrogen-bond donors (Lipinski definition) is 2. The lowest BCUT2D eigenvalue weighted by Crippen LogP contribution is -2.49. The highest BCUT2D eigenvalue weighted by Crippen LogP contribution is 2.30. The second-order valence-electron chi connectivity index (χ2n) is 6.19. The summed E-state index contributed by atoms with van der Waals surface area (Å²) in [6, 6.07) is 9.06. The van der Waals surface area contributed by atoms with E-state index in [2.05, 4.69) is 10.3 Å². The average Bonchev–Trinajstić information content (AvgIpc) is 3.04. The van der Waals surface area contributed by atoms with Crippen molar-refractivity contribution in [2.45, 2.75) is 25.0 Å². The van der Waals surface area contributed by atoms with Crippen molar-refractivity contribution < 1.29 is 24.2 Å². The number of carboxylic acid groups (broad SMARTS) is 1. The Hall–Kier alpha value is -3.20. The van der Waals surface area contributed by atoms with Gasteiger partial charge in [0.2, 0.25) is 0 Å². The van der Waals surface area contributed by atoms with Gasteiger partial charge in [0.15, 0.2) is 5.54 Å². The molecule has 9 heteroatoms. The molecule has 0 saturated heterocycles. The second-order valence-corrected chi connectivity index (χ2v) is 6.19. The third-order valence-electron chi connectivity index (χ3n) is 4.46. The van der Waals surface area contributed by atoms with Crippen molar-refractivity contribution in [3.63, 3.8) is 0 Å². The fourth-order valence-electron chi connectivity index (χ4n) is 3.13. The van der Waals surface area contributed by atoms with Crippen LogP contribution in [0.1, 0.15) is 17.8 Å². The maximum absolute atomic E-state index is 12.8. The van der Waals surface area contributed by atoms with Gasteiger partial charge in [-0.1, -0.05) is 30.3 Å². The topological polar surface area (TPSA) is 120 Å². The van der Waals surface area contributed by atoms with Crippen LogP contribution in [0, 0.1) is 0 Å². The molecule has 1 amide bonds. The summed E-state index contributed by atoms with van der Waals surface area (Å²) in [6.07, 6.45) is 0.885. The van der Waals surface area contributed by atoms with Gasteiger partial charge >= 0.3 is 12.1 Å². The zero-order chi connectivity index (χ0) is 19.4. The molecule has 0 radical (unpaired) electrons. The number of hydrogen-bond acceptors (Lipinski definition) is 6. The van der Waals surface area contributed by atoms with E-state index >= 15 is 0 Å². The summed E-state index contributed by atoms with van der Waals surface area (Å²) in [4.78, 5) is 40.8. The molecule has 1 aliphatic rings. The number of rotatable bonds is 6. The third kappa shape index (κ3) is 3.54. The van der Waals surface area contributed by atoms with Gasteiger partial charge < -0.3 is 14.6 Å². The molecule has 0 fully saturated rings. The van der Waals surface area contributed by atoms with Crippen LogP contribution in [0.3, 0.4) is 0 Å². The number of aryl methyl sites for hydroxylation is 1. The number of benzene rings is 1. The normalized spacial score (nSPS) is 18.0. The maximum Gasteiger partial charge on any atom is 0.412 e. The molecule has 1 aromatic heterocycles. The Morgan fingerprint density at radius 2 is 2.07 bits per heavy atom. The largest absolute Gasteiger partial charge is 0.479 e. The van der Waals surface area contributed by atoms with E-state index in [0.717, 1.165) is 10.1 Å². The molecule has 142 valence electrons. The summed E-state index contributed by atoms with van der Waals surface area (Å²) in [7, 11) is 1.37. The van der Waals surface area contributed by atoms with Gasteiger partial charge in [-0.2, -0.15) is 0 Å². The number of aromatic nitrogens is 2. The molecule has 9 nitrogen and oxygen atoms in total. The van der Waals surface area contributed by atoms with Gasteiger partial charge in [-0.05, 0) is 12.0 Å². The van der Waals surface area contributed by atoms with Crippen molar-refractivity contribution in [3.8, 4) is 0 Å². The van der Waals surface area contributed by atoms with E-state index in [1.54, 1.807) is 12.1 Å². The van der Waals surface area contributed by atoms with Crippen LogP contribution in [0.15, 0.2) is 41.3 Å². The second kappa shape index (κ2) is 7.58. The maximum atomic E-state index is 12.8. The summed E-state index contributed by atoms with van der Waals surface area (Å²) in [5, 5.41) is 12.0. The Morgan fingerprint density at radius 3 is 2.74 bits per heavy atom. The van der Waals surface area contributed by atoms with Crippen LogP contribution in [-0.4, -0.2) is 40.4 Å². The average molecular weight is 373 g/mol. The predicted octanol–water partition coefficient (Wildman–Crippen LogP) is 1.36. The molecule has 2 heterocycles. The fourth-order valence-corrected chi connectivity index (χ4v) is 3.13. The summed E-state index contributed by atoms with van der Waals surface area (Å²) in [5.74, 6) is -0.849. The van der Waals surface area contributed by atoms with Crippen molar-refractivity contribution in [2.75, 3.05) is 19.0 Å². The smallest absolute Gasteiger partial charge is 0.412 e. The molecule has 1 aliphatic heterocycles. The van der Waals surface area contributed by atoms with E-state index in [-0.39, 0.29) is 25.3 Å². The van der Waals surface area contributed by atoms with Crippen molar-refractivity contribution >= 4 is 17.7 Å². The number of carbonyl (C=O) groups is 2. The molecule has 0 aliphatic carbocycles. The van der Waals surface area contributed by atoms with Crippen molar-refractivity contribution in [1.82, 2.24) is 9.55 Å². The molecule has 0 spiro atoms. The fraction of sp³-hybridized carbons (Fsp3) is 0.333. The molecular formula is C18H19N3O6.